The van der Waals surface area contributed by atoms with Crippen LogP contribution in [-0.2, 0) is 10.0 Å². The predicted octanol–water partition coefficient (Wildman–Crippen LogP) is 2.63. The number of sulfonamides is 1. The van der Waals surface area contributed by atoms with Gasteiger partial charge in [-0.3, -0.25) is 5.43 Å². The molecule has 0 aliphatic heterocycles. The molecule has 2 aromatic rings. The average molecular weight is 386 g/mol. The Hall–Kier alpha value is -1.48. The van der Waals surface area contributed by atoms with Crippen LogP contribution >= 0.6 is 28.1 Å². The number of anilines is 1. The van der Waals surface area contributed by atoms with Crippen molar-refractivity contribution in [3.8, 4) is 0 Å². The van der Waals surface area contributed by atoms with Gasteiger partial charge in [0.15, 0.2) is 5.11 Å². The standard InChI is InChI=1S/C13H12BrN3O2S2/c14-10-6-8-11(9-7-10)15-13(20)16-17-21(18,19)12-4-2-1-3-5-12/h1-9,17H,(H2,15,16,20). The van der Waals surface area contributed by atoms with Gasteiger partial charge < -0.3 is 5.32 Å². The second-order valence-corrected chi connectivity index (χ2v) is 7.01. The first kappa shape index (κ1) is 15.9. The van der Waals surface area contributed by atoms with E-state index in [0.29, 0.717) is 0 Å². The Morgan fingerprint density at radius 2 is 1.62 bits per heavy atom. The summed E-state index contributed by atoms with van der Waals surface area (Å²) in [6.45, 7) is 0. The van der Waals surface area contributed by atoms with E-state index in [4.69, 9.17) is 12.2 Å². The van der Waals surface area contributed by atoms with E-state index in [1.807, 2.05) is 24.3 Å². The molecule has 0 saturated carbocycles. The SMILES string of the molecule is O=S(=O)(NNC(=S)Nc1ccc(Br)cc1)c1ccccc1. The van der Waals surface area contributed by atoms with Crippen molar-refractivity contribution < 1.29 is 8.42 Å². The maximum atomic E-state index is 12.0. The van der Waals surface area contributed by atoms with E-state index in [9.17, 15) is 8.42 Å². The van der Waals surface area contributed by atoms with E-state index in [2.05, 4.69) is 31.5 Å². The maximum Gasteiger partial charge on any atom is 0.257 e. The summed E-state index contributed by atoms with van der Waals surface area (Å²) >= 11 is 8.35. The third-order valence-corrected chi connectivity index (χ3v) is 4.45. The fourth-order valence-corrected chi connectivity index (χ4v) is 2.84. The molecule has 0 spiro atoms. The van der Waals surface area contributed by atoms with E-state index in [0.717, 1.165) is 10.2 Å². The van der Waals surface area contributed by atoms with Crippen LogP contribution in [0.4, 0.5) is 5.69 Å². The Morgan fingerprint density at radius 3 is 2.24 bits per heavy atom. The minimum Gasteiger partial charge on any atom is -0.332 e. The van der Waals surface area contributed by atoms with Crippen molar-refractivity contribution in [1.82, 2.24) is 10.3 Å². The van der Waals surface area contributed by atoms with Gasteiger partial charge in [-0.15, -0.1) is 4.83 Å². The number of rotatable bonds is 4. The van der Waals surface area contributed by atoms with Crippen LogP contribution in [0, 0.1) is 0 Å². The molecule has 8 heteroatoms. The lowest BCUT2D eigenvalue weighted by atomic mass is 10.3. The van der Waals surface area contributed by atoms with Gasteiger partial charge in [-0.2, -0.15) is 0 Å². The Kier molecular flexibility index (Phi) is 5.29. The van der Waals surface area contributed by atoms with Crippen LogP contribution in [-0.4, -0.2) is 13.5 Å². The number of hydrazine groups is 1. The van der Waals surface area contributed by atoms with Crippen molar-refractivity contribution >= 4 is 49.0 Å². The van der Waals surface area contributed by atoms with E-state index >= 15 is 0 Å². The van der Waals surface area contributed by atoms with Crippen molar-refractivity contribution in [2.45, 2.75) is 4.90 Å². The first-order chi connectivity index (χ1) is 9.97. The minimum absolute atomic E-state index is 0.150. The first-order valence-electron chi connectivity index (χ1n) is 5.87. The second-order valence-electron chi connectivity index (χ2n) is 4.00. The largest absolute Gasteiger partial charge is 0.332 e. The van der Waals surface area contributed by atoms with Crippen LogP contribution in [0.25, 0.3) is 0 Å². The molecule has 0 heterocycles. The molecule has 0 atom stereocenters. The zero-order valence-corrected chi connectivity index (χ0v) is 13.9. The fourth-order valence-electron chi connectivity index (χ4n) is 1.47. The predicted molar refractivity (Wildman–Crippen MR) is 90.3 cm³/mol. The van der Waals surface area contributed by atoms with Crippen LogP contribution in [0.15, 0.2) is 64.0 Å². The molecule has 21 heavy (non-hydrogen) atoms. The van der Waals surface area contributed by atoms with Crippen molar-refractivity contribution in [3.63, 3.8) is 0 Å². The van der Waals surface area contributed by atoms with Crippen LogP contribution in [0.3, 0.4) is 0 Å². The summed E-state index contributed by atoms with van der Waals surface area (Å²) in [6.07, 6.45) is 0. The summed E-state index contributed by atoms with van der Waals surface area (Å²) in [6, 6.07) is 15.3. The summed E-state index contributed by atoms with van der Waals surface area (Å²) in [4.78, 5) is 2.37. The molecule has 2 aromatic carbocycles. The number of hydrogen-bond acceptors (Lipinski definition) is 3. The topological polar surface area (TPSA) is 70.2 Å². The zero-order valence-electron chi connectivity index (χ0n) is 10.7. The van der Waals surface area contributed by atoms with Crippen LogP contribution in [0.2, 0.25) is 0 Å². The summed E-state index contributed by atoms with van der Waals surface area (Å²) in [5.74, 6) is 0. The monoisotopic (exact) mass is 385 g/mol. The minimum atomic E-state index is -3.65. The van der Waals surface area contributed by atoms with Gasteiger partial charge in [0, 0.05) is 10.2 Å². The Morgan fingerprint density at radius 1 is 1.00 bits per heavy atom. The highest BCUT2D eigenvalue weighted by Crippen LogP contribution is 2.13. The first-order valence-corrected chi connectivity index (χ1v) is 8.55. The number of benzene rings is 2. The normalized spacial score (nSPS) is 10.9. The quantitative estimate of drug-likeness (QED) is 0.557. The molecule has 0 saturated heterocycles. The molecular formula is C13H12BrN3O2S2. The van der Waals surface area contributed by atoms with E-state index < -0.39 is 10.0 Å². The third kappa shape index (κ3) is 4.78. The molecule has 110 valence electrons. The zero-order chi connectivity index (χ0) is 15.3. The highest BCUT2D eigenvalue weighted by molar-refractivity contribution is 9.10. The van der Waals surface area contributed by atoms with E-state index in [1.54, 1.807) is 18.2 Å². The van der Waals surface area contributed by atoms with Gasteiger partial charge >= 0.3 is 0 Å². The highest BCUT2D eigenvalue weighted by atomic mass is 79.9. The van der Waals surface area contributed by atoms with Crippen molar-refractivity contribution in [2.24, 2.45) is 0 Å². The number of thiocarbonyl (C=S) groups is 1. The smallest absolute Gasteiger partial charge is 0.257 e. The Labute approximate surface area is 136 Å². The molecule has 0 radical (unpaired) electrons. The maximum absolute atomic E-state index is 12.0. The van der Waals surface area contributed by atoms with Crippen molar-refractivity contribution in [1.29, 1.82) is 0 Å². The van der Waals surface area contributed by atoms with Gasteiger partial charge in [-0.25, -0.2) is 8.42 Å². The lowest BCUT2D eigenvalue weighted by Gasteiger charge is -2.12. The molecule has 0 aliphatic carbocycles. The molecule has 0 unspecified atom stereocenters. The van der Waals surface area contributed by atoms with E-state index in [1.165, 1.54) is 12.1 Å². The van der Waals surface area contributed by atoms with Crippen LogP contribution < -0.4 is 15.6 Å². The Bertz CT molecular complexity index is 719. The summed E-state index contributed by atoms with van der Waals surface area (Å²) in [7, 11) is -3.65. The Balaban J connectivity index is 1.93. The van der Waals surface area contributed by atoms with Crippen LogP contribution in [0.1, 0.15) is 0 Å². The van der Waals surface area contributed by atoms with Gasteiger partial charge in [0.25, 0.3) is 10.0 Å². The molecule has 0 bridgehead atoms. The molecule has 3 N–H and O–H groups in total. The van der Waals surface area contributed by atoms with Crippen molar-refractivity contribution in [2.75, 3.05) is 5.32 Å². The number of nitrogens with one attached hydrogen (secondary N) is 3. The summed E-state index contributed by atoms with van der Waals surface area (Å²) < 4.78 is 24.9. The lowest BCUT2D eigenvalue weighted by molar-refractivity contribution is 0.578. The number of hydrogen-bond donors (Lipinski definition) is 3. The van der Waals surface area contributed by atoms with Gasteiger partial charge in [0.2, 0.25) is 0 Å². The molecule has 0 fully saturated rings. The lowest BCUT2D eigenvalue weighted by Crippen LogP contribution is -2.43. The molecule has 5 nitrogen and oxygen atoms in total. The average Bonchev–Trinajstić information content (AvgIpc) is 2.49. The molecular weight excluding hydrogens is 374 g/mol. The summed E-state index contributed by atoms with van der Waals surface area (Å²) in [5, 5.41) is 3.02. The van der Waals surface area contributed by atoms with Gasteiger partial charge in [0.05, 0.1) is 4.90 Å². The van der Waals surface area contributed by atoms with Gasteiger partial charge in [0.1, 0.15) is 0 Å². The van der Waals surface area contributed by atoms with Crippen LogP contribution in [0.5, 0.6) is 0 Å². The molecule has 2 rings (SSSR count). The van der Waals surface area contributed by atoms with Gasteiger partial charge in [-0.05, 0) is 48.6 Å². The molecule has 0 aromatic heterocycles. The van der Waals surface area contributed by atoms with Crippen molar-refractivity contribution in [3.05, 3.63) is 59.1 Å². The fraction of sp³-hybridized carbons (Fsp3) is 0. The highest BCUT2D eigenvalue weighted by Gasteiger charge is 2.13. The second kappa shape index (κ2) is 6.99. The summed E-state index contributed by atoms with van der Waals surface area (Å²) in [5.41, 5.74) is 3.20. The molecule has 0 aliphatic rings. The van der Waals surface area contributed by atoms with E-state index in [-0.39, 0.29) is 10.0 Å². The number of halogens is 1. The molecule has 0 amide bonds. The third-order valence-electron chi connectivity index (χ3n) is 2.45. The van der Waals surface area contributed by atoms with Gasteiger partial charge in [-0.1, -0.05) is 34.1 Å².